The molecule has 0 saturated heterocycles. The van der Waals surface area contributed by atoms with E-state index in [9.17, 15) is 9.59 Å². The highest BCUT2D eigenvalue weighted by molar-refractivity contribution is 5.76. The van der Waals surface area contributed by atoms with E-state index in [2.05, 4.69) is 12.2 Å². The zero-order valence-electron chi connectivity index (χ0n) is 10.6. The number of unbranched alkanes of at least 4 members (excludes halogenated alkanes) is 1. The van der Waals surface area contributed by atoms with E-state index in [-0.39, 0.29) is 18.4 Å². The van der Waals surface area contributed by atoms with Gasteiger partial charge in [0.05, 0.1) is 0 Å². The molecule has 0 spiro atoms. The molecule has 0 aromatic heterocycles. The van der Waals surface area contributed by atoms with E-state index >= 15 is 0 Å². The summed E-state index contributed by atoms with van der Waals surface area (Å²) in [6.45, 7) is 2.07. The van der Waals surface area contributed by atoms with Crippen LogP contribution in [0.1, 0.15) is 58.3 Å². The highest BCUT2D eigenvalue weighted by Crippen LogP contribution is 2.26. The Morgan fingerprint density at radius 3 is 2.41 bits per heavy atom. The minimum atomic E-state index is -0.708. The summed E-state index contributed by atoms with van der Waals surface area (Å²) in [5, 5.41) is 11.7. The zero-order valence-corrected chi connectivity index (χ0v) is 10.6. The molecule has 1 aliphatic carbocycles. The van der Waals surface area contributed by atoms with E-state index in [4.69, 9.17) is 5.11 Å². The van der Waals surface area contributed by atoms with Crippen LogP contribution < -0.4 is 5.32 Å². The van der Waals surface area contributed by atoms with Gasteiger partial charge in [0.25, 0.3) is 0 Å². The molecule has 4 heteroatoms. The van der Waals surface area contributed by atoms with Gasteiger partial charge in [-0.05, 0) is 38.0 Å². The molecule has 0 atom stereocenters. The summed E-state index contributed by atoms with van der Waals surface area (Å²) in [6, 6.07) is 0.268. The molecule has 0 bridgehead atoms. The summed E-state index contributed by atoms with van der Waals surface area (Å²) in [6.07, 6.45) is 6.57. The maximum Gasteiger partial charge on any atom is 0.303 e. The number of carboxylic acids is 1. The molecule has 1 amide bonds. The van der Waals surface area contributed by atoms with Crippen molar-refractivity contribution >= 4 is 11.9 Å². The first-order valence-corrected chi connectivity index (χ1v) is 6.63. The van der Waals surface area contributed by atoms with Gasteiger partial charge in [-0.1, -0.05) is 13.3 Å². The molecule has 0 aromatic carbocycles. The summed E-state index contributed by atoms with van der Waals surface area (Å²) in [4.78, 5) is 22.1. The van der Waals surface area contributed by atoms with Crippen molar-refractivity contribution in [2.75, 3.05) is 0 Å². The Morgan fingerprint density at radius 2 is 1.88 bits per heavy atom. The number of amides is 1. The van der Waals surface area contributed by atoms with Gasteiger partial charge in [-0.25, -0.2) is 0 Å². The SMILES string of the molecule is CCCCC(=O)NC1CCC(CC(=O)O)CC1. The largest absolute Gasteiger partial charge is 0.481 e. The van der Waals surface area contributed by atoms with E-state index in [1.54, 1.807) is 0 Å². The number of hydrogen-bond donors (Lipinski definition) is 2. The maximum atomic E-state index is 11.5. The van der Waals surface area contributed by atoms with Gasteiger partial charge in [0, 0.05) is 18.9 Å². The summed E-state index contributed by atoms with van der Waals surface area (Å²) in [7, 11) is 0. The minimum absolute atomic E-state index is 0.147. The van der Waals surface area contributed by atoms with Gasteiger partial charge in [0.1, 0.15) is 0 Å². The van der Waals surface area contributed by atoms with Gasteiger partial charge in [-0.2, -0.15) is 0 Å². The molecule has 1 aliphatic rings. The van der Waals surface area contributed by atoms with Crippen molar-refractivity contribution in [3.63, 3.8) is 0 Å². The van der Waals surface area contributed by atoms with Crippen LogP contribution in [0.2, 0.25) is 0 Å². The number of carbonyl (C=O) groups excluding carboxylic acids is 1. The lowest BCUT2D eigenvalue weighted by atomic mass is 9.84. The summed E-state index contributed by atoms with van der Waals surface area (Å²) < 4.78 is 0. The number of aliphatic carboxylic acids is 1. The summed E-state index contributed by atoms with van der Waals surface area (Å²) in [5.41, 5.74) is 0. The van der Waals surface area contributed by atoms with Gasteiger partial charge in [0.15, 0.2) is 0 Å². The van der Waals surface area contributed by atoms with Gasteiger partial charge in [-0.3, -0.25) is 9.59 Å². The molecule has 1 rings (SSSR count). The summed E-state index contributed by atoms with van der Waals surface area (Å²) >= 11 is 0. The molecule has 4 nitrogen and oxygen atoms in total. The number of hydrogen-bond acceptors (Lipinski definition) is 2. The van der Waals surface area contributed by atoms with Crippen LogP contribution in [0.15, 0.2) is 0 Å². The Hall–Kier alpha value is -1.06. The fourth-order valence-corrected chi connectivity index (χ4v) is 2.40. The quantitative estimate of drug-likeness (QED) is 0.750. The van der Waals surface area contributed by atoms with Crippen molar-refractivity contribution < 1.29 is 14.7 Å². The third-order valence-corrected chi connectivity index (χ3v) is 3.43. The van der Waals surface area contributed by atoms with Crippen LogP contribution in [0.5, 0.6) is 0 Å². The molecule has 0 aromatic rings. The normalized spacial score (nSPS) is 24.3. The Bertz CT molecular complexity index is 257. The van der Waals surface area contributed by atoms with E-state index in [0.29, 0.717) is 12.3 Å². The van der Waals surface area contributed by atoms with Crippen molar-refractivity contribution in [2.45, 2.75) is 64.3 Å². The molecular formula is C13H23NO3. The minimum Gasteiger partial charge on any atom is -0.481 e. The lowest BCUT2D eigenvalue weighted by Gasteiger charge is -2.28. The molecular weight excluding hydrogens is 218 g/mol. The number of rotatable bonds is 6. The average Bonchev–Trinajstić information content (AvgIpc) is 2.28. The van der Waals surface area contributed by atoms with Crippen molar-refractivity contribution in [1.29, 1.82) is 0 Å². The molecule has 0 heterocycles. The van der Waals surface area contributed by atoms with E-state index in [0.717, 1.165) is 38.5 Å². The molecule has 1 saturated carbocycles. The van der Waals surface area contributed by atoms with Gasteiger partial charge in [0.2, 0.25) is 5.91 Å². The molecule has 98 valence electrons. The standard InChI is InChI=1S/C13H23NO3/c1-2-3-4-12(15)14-11-7-5-10(6-8-11)9-13(16)17/h10-11H,2-9H2,1H3,(H,14,15)(H,16,17). The van der Waals surface area contributed by atoms with Crippen LogP contribution in [0.25, 0.3) is 0 Å². The van der Waals surface area contributed by atoms with Crippen LogP contribution in [-0.2, 0) is 9.59 Å². The molecule has 0 aliphatic heterocycles. The monoisotopic (exact) mass is 241 g/mol. The second kappa shape index (κ2) is 7.30. The third kappa shape index (κ3) is 5.71. The van der Waals surface area contributed by atoms with Crippen LogP contribution >= 0.6 is 0 Å². The lowest BCUT2D eigenvalue weighted by Crippen LogP contribution is -2.37. The number of carbonyl (C=O) groups is 2. The molecule has 0 unspecified atom stereocenters. The van der Waals surface area contributed by atoms with Gasteiger partial charge >= 0.3 is 5.97 Å². The Morgan fingerprint density at radius 1 is 1.24 bits per heavy atom. The first-order valence-electron chi connectivity index (χ1n) is 6.63. The van der Waals surface area contributed by atoms with E-state index in [1.165, 1.54) is 0 Å². The summed E-state index contributed by atoms with van der Waals surface area (Å²) in [5.74, 6) is -0.259. The molecule has 1 fully saturated rings. The van der Waals surface area contributed by atoms with Gasteiger partial charge in [-0.15, -0.1) is 0 Å². The highest BCUT2D eigenvalue weighted by Gasteiger charge is 2.23. The topological polar surface area (TPSA) is 66.4 Å². The predicted molar refractivity (Wildman–Crippen MR) is 65.7 cm³/mol. The van der Waals surface area contributed by atoms with Gasteiger partial charge < -0.3 is 10.4 Å². The maximum absolute atomic E-state index is 11.5. The van der Waals surface area contributed by atoms with E-state index < -0.39 is 5.97 Å². The highest BCUT2D eigenvalue weighted by atomic mass is 16.4. The first-order chi connectivity index (χ1) is 8.11. The fraction of sp³-hybridized carbons (Fsp3) is 0.846. The van der Waals surface area contributed by atoms with Crippen LogP contribution in [0.4, 0.5) is 0 Å². The number of carboxylic acid groups (broad SMARTS) is 1. The van der Waals surface area contributed by atoms with Crippen molar-refractivity contribution in [2.24, 2.45) is 5.92 Å². The van der Waals surface area contributed by atoms with Crippen molar-refractivity contribution in [1.82, 2.24) is 5.32 Å². The Kier molecular flexibility index (Phi) is 6.01. The Balaban J connectivity index is 2.18. The Labute approximate surface area is 103 Å². The van der Waals surface area contributed by atoms with Crippen LogP contribution in [-0.4, -0.2) is 23.0 Å². The predicted octanol–water partition coefficient (Wildman–Crippen LogP) is 2.33. The first kappa shape index (κ1) is 14.0. The molecule has 17 heavy (non-hydrogen) atoms. The second-order valence-corrected chi connectivity index (χ2v) is 4.99. The third-order valence-electron chi connectivity index (χ3n) is 3.43. The zero-order chi connectivity index (χ0) is 12.7. The lowest BCUT2D eigenvalue weighted by molar-refractivity contribution is -0.138. The van der Waals surface area contributed by atoms with Crippen molar-refractivity contribution in [3.05, 3.63) is 0 Å². The van der Waals surface area contributed by atoms with Crippen LogP contribution in [0, 0.1) is 5.92 Å². The molecule has 2 N–H and O–H groups in total. The smallest absolute Gasteiger partial charge is 0.303 e. The van der Waals surface area contributed by atoms with Crippen LogP contribution in [0.3, 0.4) is 0 Å². The van der Waals surface area contributed by atoms with E-state index in [1.807, 2.05) is 0 Å². The average molecular weight is 241 g/mol. The van der Waals surface area contributed by atoms with Crippen molar-refractivity contribution in [3.8, 4) is 0 Å². The fourth-order valence-electron chi connectivity index (χ4n) is 2.40. The second-order valence-electron chi connectivity index (χ2n) is 4.99. The number of nitrogens with one attached hydrogen (secondary N) is 1. The molecule has 0 radical (unpaired) electrons.